The van der Waals surface area contributed by atoms with E-state index < -0.39 is 0 Å². The van der Waals surface area contributed by atoms with Gasteiger partial charge < -0.3 is 9.84 Å². The molecule has 0 bridgehead atoms. The fraction of sp³-hybridized carbons (Fsp3) is 0.667. The quantitative estimate of drug-likeness (QED) is 0.769. The molecular formula is C18H27BrO2. The topological polar surface area (TPSA) is 29.5 Å². The highest BCUT2D eigenvalue weighted by atomic mass is 79.9. The standard InChI is InChI=1S/C18H27BrO2/c1-13(10-11-20)12-15-6-8-16(9-7-15)21-18-5-3-4-17(19)14(18)2/h3-5,13,15-16,20H,6-12H2,1-2H3. The third-order valence-electron chi connectivity index (χ3n) is 4.66. The van der Waals surface area contributed by atoms with Gasteiger partial charge >= 0.3 is 0 Å². The van der Waals surface area contributed by atoms with Crippen LogP contribution in [0.15, 0.2) is 22.7 Å². The second kappa shape index (κ2) is 8.19. The van der Waals surface area contributed by atoms with E-state index in [0.717, 1.165) is 35.4 Å². The average molecular weight is 355 g/mol. The minimum atomic E-state index is 0.321. The Morgan fingerprint density at radius 2 is 2.00 bits per heavy atom. The van der Waals surface area contributed by atoms with Crippen molar-refractivity contribution in [2.24, 2.45) is 11.8 Å². The zero-order valence-corrected chi connectivity index (χ0v) is 14.7. The van der Waals surface area contributed by atoms with Crippen LogP contribution in [0.5, 0.6) is 5.75 Å². The fourth-order valence-corrected chi connectivity index (χ4v) is 3.64. The van der Waals surface area contributed by atoms with Crippen molar-refractivity contribution in [2.45, 2.75) is 58.5 Å². The van der Waals surface area contributed by atoms with Crippen molar-refractivity contribution in [1.29, 1.82) is 0 Å². The Morgan fingerprint density at radius 1 is 1.29 bits per heavy atom. The molecule has 2 nitrogen and oxygen atoms in total. The molecule has 0 heterocycles. The molecule has 0 radical (unpaired) electrons. The molecule has 0 amide bonds. The molecule has 1 aliphatic carbocycles. The normalized spacial score (nSPS) is 23.8. The van der Waals surface area contributed by atoms with Crippen molar-refractivity contribution < 1.29 is 9.84 Å². The SMILES string of the molecule is Cc1c(Br)cccc1OC1CCC(CC(C)CCO)CC1. The van der Waals surface area contributed by atoms with Crippen LogP contribution in [0.4, 0.5) is 0 Å². The summed E-state index contributed by atoms with van der Waals surface area (Å²) in [5.74, 6) is 2.47. The molecule has 1 atom stereocenters. The van der Waals surface area contributed by atoms with Crippen LogP contribution in [0.3, 0.4) is 0 Å². The molecule has 0 aliphatic heterocycles. The molecule has 0 saturated heterocycles. The van der Waals surface area contributed by atoms with E-state index >= 15 is 0 Å². The zero-order valence-electron chi connectivity index (χ0n) is 13.1. The Bertz CT molecular complexity index is 439. The van der Waals surface area contributed by atoms with Crippen LogP contribution in [0.1, 0.15) is 51.0 Å². The van der Waals surface area contributed by atoms with Gasteiger partial charge in [-0.2, -0.15) is 0 Å². The zero-order chi connectivity index (χ0) is 15.2. The molecule has 1 aliphatic rings. The number of halogens is 1. The van der Waals surface area contributed by atoms with Crippen molar-refractivity contribution in [3.8, 4) is 5.75 Å². The van der Waals surface area contributed by atoms with Gasteiger partial charge in [0, 0.05) is 16.6 Å². The summed E-state index contributed by atoms with van der Waals surface area (Å²) in [6.07, 6.45) is 7.38. The summed E-state index contributed by atoms with van der Waals surface area (Å²) in [7, 11) is 0. The summed E-state index contributed by atoms with van der Waals surface area (Å²) in [5.41, 5.74) is 1.19. The first-order valence-corrected chi connectivity index (χ1v) is 8.92. The summed E-state index contributed by atoms with van der Waals surface area (Å²) in [5, 5.41) is 9.00. The summed E-state index contributed by atoms with van der Waals surface area (Å²) in [6.45, 7) is 4.67. The van der Waals surface area contributed by atoms with Crippen LogP contribution in [-0.2, 0) is 0 Å². The van der Waals surface area contributed by atoms with E-state index in [1.807, 2.05) is 6.07 Å². The van der Waals surface area contributed by atoms with Gasteiger partial charge in [0.2, 0.25) is 0 Å². The van der Waals surface area contributed by atoms with E-state index in [-0.39, 0.29) is 0 Å². The van der Waals surface area contributed by atoms with E-state index in [1.54, 1.807) is 0 Å². The van der Waals surface area contributed by atoms with Crippen LogP contribution in [0.25, 0.3) is 0 Å². The molecule has 0 spiro atoms. The first kappa shape index (κ1) is 16.8. The van der Waals surface area contributed by atoms with Crippen molar-refractivity contribution in [3.63, 3.8) is 0 Å². The number of aliphatic hydroxyl groups is 1. The smallest absolute Gasteiger partial charge is 0.123 e. The number of hydrogen-bond acceptors (Lipinski definition) is 2. The molecule has 1 N–H and O–H groups in total. The summed E-state index contributed by atoms with van der Waals surface area (Å²) < 4.78 is 7.31. The molecule has 1 fully saturated rings. The van der Waals surface area contributed by atoms with Crippen molar-refractivity contribution in [3.05, 3.63) is 28.2 Å². The number of benzene rings is 1. The molecule has 0 aromatic heterocycles. The average Bonchev–Trinajstić information content (AvgIpc) is 2.46. The second-order valence-electron chi connectivity index (χ2n) is 6.48. The molecule has 2 rings (SSSR count). The lowest BCUT2D eigenvalue weighted by Gasteiger charge is -2.30. The van der Waals surface area contributed by atoms with Crippen molar-refractivity contribution in [1.82, 2.24) is 0 Å². The van der Waals surface area contributed by atoms with Crippen LogP contribution >= 0.6 is 15.9 Å². The predicted octanol–water partition coefficient (Wildman–Crippen LogP) is 5.10. The Hall–Kier alpha value is -0.540. The minimum Gasteiger partial charge on any atom is -0.490 e. The Kier molecular flexibility index (Phi) is 6.56. The lowest BCUT2D eigenvalue weighted by molar-refractivity contribution is 0.120. The van der Waals surface area contributed by atoms with Gasteiger partial charge in [0.25, 0.3) is 0 Å². The molecular weight excluding hydrogens is 328 g/mol. The van der Waals surface area contributed by atoms with Gasteiger partial charge in [-0.15, -0.1) is 0 Å². The van der Waals surface area contributed by atoms with Gasteiger partial charge in [-0.05, 0) is 69.4 Å². The maximum Gasteiger partial charge on any atom is 0.123 e. The Labute approximate surface area is 137 Å². The van der Waals surface area contributed by atoms with Crippen molar-refractivity contribution >= 4 is 15.9 Å². The highest BCUT2D eigenvalue weighted by Gasteiger charge is 2.24. The van der Waals surface area contributed by atoms with Gasteiger partial charge in [-0.25, -0.2) is 0 Å². The van der Waals surface area contributed by atoms with Crippen LogP contribution in [0, 0.1) is 18.8 Å². The molecule has 3 heteroatoms. The largest absolute Gasteiger partial charge is 0.490 e. The number of ether oxygens (including phenoxy) is 1. The number of rotatable bonds is 6. The number of aliphatic hydroxyl groups excluding tert-OH is 1. The first-order valence-electron chi connectivity index (χ1n) is 8.12. The van der Waals surface area contributed by atoms with Crippen LogP contribution in [-0.4, -0.2) is 17.8 Å². The predicted molar refractivity (Wildman–Crippen MR) is 90.7 cm³/mol. The van der Waals surface area contributed by atoms with Crippen LogP contribution in [0.2, 0.25) is 0 Å². The van der Waals surface area contributed by atoms with Gasteiger partial charge in [-0.3, -0.25) is 0 Å². The molecule has 1 saturated carbocycles. The highest BCUT2D eigenvalue weighted by Crippen LogP contribution is 2.34. The third-order valence-corrected chi connectivity index (χ3v) is 5.52. The lowest BCUT2D eigenvalue weighted by atomic mass is 9.81. The van der Waals surface area contributed by atoms with Crippen molar-refractivity contribution in [2.75, 3.05) is 6.61 Å². The summed E-state index contributed by atoms with van der Waals surface area (Å²) in [6, 6.07) is 6.16. The highest BCUT2D eigenvalue weighted by molar-refractivity contribution is 9.10. The van der Waals surface area contributed by atoms with E-state index in [4.69, 9.17) is 9.84 Å². The lowest BCUT2D eigenvalue weighted by Crippen LogP contribution is -2.25. The monoisotopic (exact) mass is 354 g/mol. The summed E-state index contributed by atoms with van der Waals surface area (Å²) >= 11 is 3.56. The maximum atomic E-state index is 9.00. The molecule has 1 unspecified atom stereocenters. The van der Waals surface area contributed by atoms with Crippen LogP contribution < -0.4 is 4.74 Å². The third kappa shape index (κ3) is 5.00. The minimum absolute atomic E-state index is 0.321. The van der Waals surface area contributed by atoms with Gasteiger partial charge in [0.15, 0.2) is 0 Å². The first-order chi connectivity index (χ1) is 10.1. The van der Waals surface area contributed by atoms with Gasteiger partial charge in [-0.1, -0.05) is 28.9 Å². The molecule has 1 aromatic rings. The van der Waals surface area contributed by atoms with Gasteiger partial charge in [0.1, 0.15) is 5.75 Å². The molecule has 21 heavy (non-hydrogen) atoms. The maximum absolute atomic E-state index is 9.00. The Morgan fingerprint density at radius 3 is 2.67 bits per heavy atom. The summed E-state index contributed by atoms with van der Waals surface area (Å²) in [4.78, 5) is 0. The fourth-order valence-electron chi connectivity index (χ4n) is 3.29. The second-order valence-corrected chi connectivity index (χ2v) is 7.33. The van der Waals surface area contributed by atoms with E-state index in [1.165, 1.54) is 24.8 Å². The number of hydrogen-bond donors (Lipinski definition) is 1. The molecule has 1 aromatic carbocycles. The Balaban J connectivity index is 1.80. The van der Waals surface area contributed by atoms with E-state index in [0.29, 0.717) is 18.6 Å². The van der Waals surface area contributed by atoms with Gasteiger partial charge in [0.05, 0.1) is 6.10 Å². The van der Waals surface area contributed by atoms with E-state index in [9.17, 15) is 0 Å². The molecule has 118 valence electrons. The van der Waals surface area contributed by atoms with E-state index in [2.05, 4.69) is 41.9 Å².